The van der Waals surface area contributed by atoms with E-state index in [4.69, 9.17) is 33.1 Å². The van der Waals surface area contributed by atoms with Crippen LogP contribution in [0, 0.1) is 0 Å². The summed E-state index contributed by atoms with van der Waals surface area (Å²) < 4.78 is 12.5. The van der Waals surface area contributed by atoms with Gasteiger partial charge in [-0.3, -0.25) is 4.79 Å². The van der Waals surface area contributed by atoms with Crippen LogP contribution in [0.1, 0.15) is 355 Å². The predicted octanol–water partition coefficient (Wildman–Crippen LogP) is 25.3. The van der Waals surface area contributed by atoms with Crippen LogP contribution in [-0.2, 0) is 37.9 Å². The van der Waals surface area contributed by atoms with Crippen LogP contribution in [0.4, 0.5) is 0 Å². The largest absolute Gasteiger partial charge is 0.381 e. The molecule has 0 aromatic rings. The van der Waals surface area contributed by atoms with Crippen molar-refractivity contribution in [2.45, 2.75) is 367 Å². The Bertz CT molecular complexity index is 1190. The minimum absolute atomic E-state index is 0.102. The zero-order chi connectivity index (χ0) is 55.1. The van der Waals surface area contributed by atoms with Gasteiger partial charge in [0, 0.05) is 31.3 Å². The van der Waals surface area contributed by atoms with Gasteiger partial charge in [-0.2, -0.15) is 0 Å². The first-order chi connectivity index (χ1) is 37.4. The highest BCUT2D eigenvalue weighted by Crippen LogP contribution is 2.53. The van der Waals surface area contributed by atoms with E-state index in [0.717, 1.165) is 37.7 Å². The monoisotopic (exact) mass is 1210 g/mol. The highest BCUT2D eigenvalue weighted by molar-refractivity contribution is 8.94. The van der Waals surface area contributed by atoms with Crippen molar-refractivity contribution in [1.29, 1.82) is 0 Å². The van der Waals surface area contributed by atoms with Crippen molar-refractivity contribution < 1.29 is 14.3 Å². The molecule has 0 fully saturated rings. The molecule has 12 heteroatoms. The fourth-order valence-electron chi connectivity index (χ4n) is 10.1. The normalized spacial score (nSPS) is 12.9. The molecule has 4 nitrogen and oxygen atoms in total. The van der Waals surface area contributed by atoms with Gasteiger partial charge in [-0.05, 0) is 45.4 Å². The van der Waals surface area contributed by atoms with E-state index in [-0.39, 0.29) is 11.2 Å². The lowest BCUT2D eigenvalue weighted by Gasteiger charge is -2.17. The Kier molecular flexibility index (Phi) is 69.2. The van der Waals surface area contributed by atoms with Gasteiger partial charge in [-0.1, -0.05) is 310 Å². The van der Waals surface area contributed by atoms with Crippen LogP contribution in [0.5, 0.6) is 0 Å². The second-order valence-electron chi connectivity index (χ2n) is 22.6. The molecule has 0 aliphatic carbocycles. The fourth-order valence-corrected chi connectivity index (χ4v) is 22.7. The zero-order valence-electron chi connectivity index (χ0n) is 51.0. The maximum absolute atomic E-state index is 13.0. The molecular formula is C64H129NO3P2S6+2. The summed E-state index contributed by atoms with van der Waals surface area (Å²) >= 11 is 19.0. The summed E-state index contributed by atoms with van der Waals surface area (Å²) in [6, 6.07) is 0. The number of carbonyl (C=O) groups excluding carboxylic acids is 1. The molecule has 0 aliphatic rings. The minimum Gasteiger partial charge on any atom is -0.381 e. The molecule has 1 N–H and O–H groups in total. The van der Waals surface area contributed by atoms with Gasteiger partial charge in [0.05, 0.1) is 6.10 Å². The highest BCUT2D eigenvalue weighted by Gasteiger charge is 2.26. The Balaban J connectivity index is 3.88. The van der Waals surface area contributed by atoms with E-state index in [9.17, 15) is 4.79 Å². The molecule has 4 atom stereocenters. The van der Waals surface area contributed by atoms with Gasteiger partial charge in [0.1, 0.15) is 56.7 Å². The standard InChI is InChI=1S/C64H128NO3P2S6/c1-5-8-11-14-17-20-23-26-30-35-40-45-50-56-67-57-51-46-41-36-31-28-25-29-33-38-43-48-53-59-73-69(71)75-61-65-64(66)62(4)76-70(72)74-60-55-63(54-49-44-39-34-22-19-16-13-10-7-3)68-58-52-47-42-37-32-27-24-21-18-15-12-9-6-2/h62-63H,5-61H2,1-4H3/q+1/p+1. The lowest BCUT2D eigenvalue weighted by molar-refractivity contribution is -0.119. The number of hydrogen-bond donors (Lipinski definition) is 1. The highest BCUT2D eigenvalue weighted by atomic mass is 33.2. The van der Waals surface area contributed by atoms with E-state index in [1.807, 2.05) is 29.7 Å². The Morgan fingerprint density at radius 3 is 1.08 bits per heavy atom. The average Bonchev–Trinajstić information content (AvgIpc) is 3.41. The van der Waals surface area contributed by atoms with Gasteiger partial charge < -0.3 is 14.8 Å². The van der Waals surface area contributed by atoms with Crippen LogP contribution in [0.25, 0.3) is 0 Å². The smallest absolute Gasteiger partial charge is 0.318 e. The maximum Gasteiger partial charge on any atom is 0.318 e. The SMILES string of the molecule is CCCCCCCCCCCCCCCOCCCCCCCCCCCCCCCS[P+](=S)SCNC(=O)C(C)S[P+](=S)SCCC(CCCCCCCCCCCC)OCCCCCCCCCCCCCCC. The number of amides is 1. The molecule has 0 bridgehead atoms. The summed E-state index contributed by atoms with van der Waals surface area (Å²) in [6.07, 6.45) is 70.4. The first kappa shape index (κ1) is 77.8. The molecule has 1 amide bonds. The third kappa shape index (κ3) is 63.4. The van der Waals surface area contributed by atoms with E-state index in [1.54, 1.807) is 22.8 Å². The first-order valence-corrected chi connectivity index (χ1v) is 44.4. The second-order valence-corrected chi connectivity index (χ2v) is 40.0. The number of unbranched alkanes of at least 4 members (excludes halogenated alkanes) is 45. The molecule has 76 heavy (non-hydrogen) atoms. The van der Waals surface area contributed by atoms with Crippen LogP contribution in [0.15, 0.2) is 0 Å². The fraction of sp³-hybridized carbons (Fsp3) is 0.984. The van der Waals surface area contributed by atoms with Gasteiger partial charge in [0.2, 0.25) is 5.91 Å². The minimum atomic E-state index is -0.731. The maximum atomic E-state index is 13.0. The molecule has 0 rings (SSSR count). The summed E-state index contributed by atoms with van der Waals surface area (Å²) in [5.41, 5.74) is 0. The van der Waals surface area contributed by atoms with Crippen molar-refractivity contribution >= 4 is 85.2 Å². The topological polar surface area (TPSA) is 47.6 Å². The lowest BCUT2D eigenvalue weighted by atomic mass is 10.0. The van der Waals surface area contributed by atoms with E-state index in [0.29, 0.717) is 12.0 Å². The number of rotatable bonds is 67. The summed E-state index contributed by atoms with van der Waals surface area (Å²) in [5, 5.41) is 1.71. The number of carbonyl (C=O) groups is 1. The van der Waals surface area contributed by atoms with Crippen molar-refractivity contribution in [1.82, 2.24) is 5.32 Å². The van der Waals surface area contributed by atoms with Gasteiger partial charge in [-0.25, -0.2) is 0 Å². The third-order valence-corrected chi connectivity index (χ3v) is 29.8. The average molecular weight is 1220 g/mol. The molecule has 0 aromatic carbocycles. The van der Waals surface area contributed by atoms with Crippen LogP contribution in [-0.4, -0.2) is 54.5 Å². The predicted molar refractivity (Wildman–Crippen MR) is 364 cm³/mol. The molecule has 452 valence electrons. The first-order valence-electron chi connectivity index (χ1n) is 33.4. The molecular weight excluding hydrogens is 1090 g/mol. The van der Waals surface area contributed by atoms with Crippen molar-refractivity contribution in [3.8, 4) is 0 Å². The van der Waals surface area contributed by atoms with Crippen molar-refractivity contribution in [3.05, 3.63) is 0 Å². The van der Waals surface area contributed by atoms with E-state index in [1.165, 1.54) is 321 Å². The Morgan fingerprint density at radius 2 is 0.697 bits per heavy atom. The third-order valence-electron chi connectivity index (χ3n) is 15.2. The van der Waals surface area contributed by atoms with Crippen LogP contribution in [0.2, 0.25) is 0 Å². The Hall–Kier alpha value is 1.83. The van der Waals surface area contributed by atoms with Gasteiger partial charge in [0.25, 0.3) is 0 Å². The van der Waals surface area contributed by atoms with E-state index >= 15 is 0 Å². The summed E-state index contributed by atoms with van der Waals surface area (Å²) in [4.78, 5) is 13.0. The Labute approximate surface area is 504 Å². The molecule has 0 saturated carbocycles. The molecule has 4 unspecified atom stereocenters. The summed E-state index contributed by atoms with van der Waals surface area (Å²) in [6.45, 7) is 11.8. The number of ether oxygens (including phenoxy) is 2. The molecule has 0 spiro atoms. The van der Waals surface area contributed by atoms with Gasteiger partial charge in [0.15, 0.2) is 23.6 Å². The molecule has 0 heterocycles. The molecule has 0 aliphatic heterocycles. The summed E-state index contributed by atoms with van der Waals surface area (Å²) in [7, 11) is 0. The zero-order valence-corrected chi connectivity index (χ0v) is 57.7. The Morgan fingerprint density at radius 1 is 0.382 bits per heavy atom. The van der Waals surface area contributed by atoms with E-state index in [2.05, 4.69) is 26.1 Å². The number of nitrogens with one attached hydrogen (secondary N) is 1. The number of hydrogen-bond acceptors (Lipinski definition) is 9. The lowest BCUT2D eigenvalue weighted by Crippen LogP contribution is -2.29. The van der Waals surface area contributed by atoms with E-state index < -0.39 is 10.2 Å². The van der Waals surface area contributed by atoms with Crippen molar-refractivity contribution in [2.24, 2.45) is 0 Å². The quantitative estimate of drug-likeness (QED) is 0.0365. The molecule has 0 aromatic heterocycles. The van der Waals surface area contributed by atoms with Crippen LogP contribution < -0.4 is 5.32 Å². The van der Waals surface area contributed by atoms with Gasteiger partial charge in [-0.15, -0.1) is 0 Å². The van der Waals surface area contributed by atoms with Gasteiger partial charge >= 0.3 is 10.2 Å². The summed E-state index contributed by atoms with van der Waals surface area (Å²) in [5.74, 6) is 2.89. The molecule has 0 radical (unpaired) electrons. The molecule has 0 saturated heterocycles. The van der Waals surface area contributed by atoms with Crippen LogP contribution in [0.3, 0.4) is 0 Å². The van der Waals surface area contributed by atoms with Crippen molar-refractivity contribution in [3.63, 3.8) is 0 Å². The second kappa shape index (κ2) is 67.6. The van der Waals surface area contributed by atoms with Crippen molar-refractivity contribution in [2.75, 3.05) is 37.2 Å². The van der Waals surface area contributed by atoms with Crippen LogP contribution >= 0.6 is 55.7 Å².